The minimum absolute atomic E-state index is 0.0367. The number of carbonyl (C=O) groups is 1. The van der Waals surface area contributed by atoms with Crippen molar-refractivity contribution in [2.24, 2.45) is 5.92 Å². The summed E-state index contributed by atoms with van der Waals surface area (Å²) in [5.74, 6) is 0.605. The average Bonchev–Trinajstić information content (AvgIpc) is 2.62. The van der Waals surface area contributed by atoms with Gasteiger partial charge in [0.15, 0.2) is 0 Å². The molecule has 2 heterocycles. The van der Waals surface area contributed by atoms with Crippen molar-refractivity contribution in [3.8, 4) is 0 Å². The highest BCUT2D eigenvalue weighted by molar-refractivity contribution is 5.94. The molecule has 1 aliphatic heterocycles. The van der Waals surface area contributed by atoms with Crippen molar-refractivity contribution in [1.29, 1.82) is 0 Å². The first kappa shape index (κ1) is 16.7. The number of amides is 1. The summed E-state index contributed by atoms with van der Waals surface area (Å²) in [6.07, 6.45) is 4.10. The number of carbonyl (C=O) groups excluding carboxylic acids is 1. The van der Waals surface area contributed by atoms with E-state index in [0.717, 1.165) is 55.8 Å². The number of likely N-dealkylation sites (tertiary alicyclic amines) is 1. The zero-order valence-corrected chi connectivity index (χ0v) is 14.2. The lowest BCUT2D eigenvalue weighted by Crippen LogP contribution is -2.38. The molecule has 0 saturated carbocycles. The van der Waals surface area contributed by atoms with Crippen LogP contribution in [0.1, 0.15) is 34.5 Å². The third-order valence-electron chi connectivity index (χ3n) is 4.65. The number of rotatable bonds is 5. The third kappa shape index (κ3) is 4.65. The van der Waals surface area contributed by atoms with Gasteiger partial charge in [0.25, 0.3) is 5.91 Å². The number of hydrogen-bond donors (Lipinski definition) is 1. The Morgan fingerprint density at radius 2 is 2.04 bits per heavy atom. The minimum Gasteiger partial charge on any atom is -0.352 e. The van der Waals surface area contributed by atoms with E-state index in [1.165, 1.54) is 0 Å². The highest BCUT2D eigenvalue weighted by atomic mass is 16.1. The molecule has 2 aromatic rings. The van der Waals surface area contributed by atoms with Crippen LogP contribution < -0.4 is 5.32 Å². The molecule has 3 rings (SSSR count). The van der Waals surface area contributed by atoms with Gasteiger partial charge in [0.05, 0.1) is 5.69 Å². The van der Waals surface area contributed by atoms with E-state index < -0.39 is 0 Å². The Kier molecular flexibility index (Phi) is 5.59. The zero-order chi connectivity index (χ0) is 16.8. The molecular weight excluding hydrogens is 298 g/mol. The third-order valence-corrected chi connectivity index (χ3v) is 4.65. The molecule has 1 saturated heterocycles. The van der Waals surface area contributed by atoms with Gasteiger partial charge in [0.1, 0.15) is 0 Å². The second-order valence-electron chi connectivity index (χ2n) is 6.62. The molecule has 0 atom stereocenters. The van der Waals surface area contributed by atoms with Gasteiger partial charge in [-0.25, -0.2) is 0 Å². The Labute approximate surface area is 143 Å². The molecule has 0 spiro atoms. The fourth-order valence-electron chi connectivity index (χ4n) is 3.19. The molecule has 0 aliphatic carbocycles. The van der Waals surface area contributed by atoms with Crippen LogP contribution in [0.15, 0.2) is 48.7 Å². The summed E-state index contributed by atoms with van der Waals surface area (Å²) in [4.78, 5) is 19.1. The first-order chi connectivity index (χ1) is 11.7. The predicted molar refractivity (Wildman–Crippen MR) is 95.8 cm³/mol. The van der Waals surface area contributed by atoms with Crippen molar-refractivity contribution in [3.63, 3.8) is 0 Å². The van der Waals surface area contributed by atoms with E-state index >= 15 is 0 Å². The summed E-state index contributed by atoms with van der Waals surface area (Å²) in [6, 6.07) is 13.8. The number of aryl methyl sites for hydroxylation is 1. The van der Waals surface area contributed by atoms with Gasteiger partial charge in [-0.05, 0) is 63.0 Å². The lowest BCUT2D eigenvalue weighted by molar-refractivity contribution is 0.0935. The van der Waals surface area contributed by atoms with Crippen molar-refractivity contribution in [2.45, 2.75) is 26.3 Å². The lowest BCUT2D eigenvalue weighted by atomic mass is 9.96. The molecule has 1 aliphatic rings. The Balaban J connectivity index is 1.42. The first-order valence-electron chi connectivity index (χ1n) is 8.68. The quantitative estimate of drug-likeness (QED) is 0.920. The SMILES string of the molecule is Cc1cccc(C(=O)NCC2CCN(Cc3ccccn3)CC2)c1. The highest BCUT2D eigenvalue weighted by Gasteiger charge is 2.20. The second-order valence-corrected chi connectivity index (χ2v) is 6.62. The maximum absolute atomic E-state index is 12.2. The van der Waals surface area contributed by atoms with Gasteiger partial charge in [-0.15, -0.1) is 0 Å². The van der Waals surface area contributed by atoms with Crippen molar-refractivity contribution in [2.75, 3.05) is 19.6 Å². The van der Waals surface area contributed by atoms with Crippen LogP contribution in [-0.2, 0) is 6.54 Å². The monoisotopic (exact) mass is 323 g/mol. The van der Waals surface area contributed by atoms with Crippen LogP contribution in [0.25, 0.3) is 0 Å². The summed E-state index contributed by atoms with van der Waals surface area (Å²) in [5.41, 5.74) is 3.00. The molecule has 0 unspecified atom stereocenters. The van der Waals surface area contributed by atoms with Crippen LogP contribution in [0.3, 0.4) is 0 Å². The van der Waals surface area contributed by atoms with Crippen LogP contribution in [0.2, 0.25) is 0 Å². The number of nitrogens with one attached hydrogen (secondary N) is 1. The van der Waals surface area contributed by atoms with E-state index in [1.807, 2.05) is 49.5 Å². The lowest BCUT2D eigenvalue weighted by Gasteiger charge is -2.31. The Morgan fingerprint density at radius 1 is 1.21 bits per heavy atom. The van der Waals surface area contributed by atoms with Crippen LogP contribution in [-0.4, -0.2) is 35.4 Å². The smallest absolute Gasteiger partial charge is 0.251 e. The van der Waals surface area contributed by atoms with Crippen LogP contribution in [0, 0.1) is 12.8 Å². The molecule has 1 amide bonds. The van der Waals surface area contributed by atoms with Gasteiger partial charge < -0.3 is 5.32 Å². The van der Waals surface area contributed by atoms with Crippen molar-refractivity contribution in [3.05, 3.63) is 65.5 Å². The molecule has 4 nitrogen and oxygen atoms in total. The summed E-state index contributed by atoms with van der Waals surface area (Å²) in [6.45, 7) is 5.84. The van der Waals surface area contributed by atoms with Gasteiger partial charge in [0.2, 0.25) is 0 Å². The Bertz CT molecular complexity index is 664. The zero-order valence-electron chi connectivity index (χ0n) is 14.2. The summed E-state index contributed by atoms with van der Waals surface area (Å²) >= 11 is 0. The molecule has 1 aromatic heterocycles. The molecular formula is C20H25N3O. The molecule has 24 heavy (non-hydrogen) atoms. The summed E-state index contributed by atoms with van der Waals surface area (Å²) in [5, 5.41) is 3.09. The summed E-state index contributed by atoms with van der Waals surface area (Å²) in [7, 11) is 0. The van der Waals surface area contributed by atoms with Crippen molar-refractivity contribution >= 4 is 5.91 Å². The van der Waals surface area contributed by atoms with Gasteiger partial charge in [-0.2, -0.15) is 0 Å². The first-order valence-corrected chi connectivity index (χ1v) is 8.68. The second kappa shape index (κ2) is 8.06. The minimum atomic E-state index is 0.0367. The van der Waals surface area contributed by atoms with E-state index in [1.54, 1.807) is 0 Å². The standard InChI is InChI=1S/C20H25N3O/c1-16-5-4-6-18(13-16)20(24)22-14-17-8-11-23(12-9-17)15-19-7-2-3-10-21-19/h2-7,10,13,17H,8-9,11-12,14-15H2,1H3,(H,22,24). The molecule has 1 aromatic carbocycles. The van der Waals surface area contributed by atoms with E-state index in [2.05, 4.69) is 21.3 Å². The van der Waals surface area contributed by atoms with Gasteiger partial charge in [0, 0.05) is 24.8 Å². The molecule has 1 fully saturated rings. The van der Waals surface area contributed by atoms with Gasteiger partial charge >= 0.3 is 0 Å². The van der Waals surface area contributed by atoms with Gasteiger partial charge in [-0.3, -0.25) is 14.7 Å². The molecule has 126 valence electrons. The summed E-state index contributed by atoms with van der Waals surface area (Å²) < 4.78 is 0. The number of piperidine rings is 1. The van der Waals surface area contributed by atoms with Crippen molar-refractivity contribution < 1.29 is 4.79 Å². The average molecular weight is 323 g/mol. The molecule has 0 radical (unpaired) electrons. The largest absolute Gasteiger partial charge is 0.352 e. The topological polar surface area (TPSA) is 45.2 Å². The van der Waals surface area contributed by atoms with Crippen molar-refractivity contribution in [1.82, 2.24) is 15.2 Å². The fraction of sp³-hybridized carbons (Fsp3) is 0.400. The number of nitrogens with zero attached hydrogens (tertiary/aromatic N) is 2. The predicted octanol–water partition coefficient (Wildman–Crippen LogP) is 3.03. The Hall–Kier alpha value is -2.20. The number of pyridine rings is 1. The van der Waals surface area contributed by atoms with E-state index in [9.17, 15) is 4.79 Å². The van der Waals surface area contributed by atoms with Crippen LogP contribution in [0.4, 0.5) is 0 Å². The number of hydrogen-bond acceptors (Lipinski definition) is 3. The molecule has 4 heteroatoms. The van der Waals surface area contributed by atoms with E-state index in [0.29, 0.717) is 5.92 Å². The highest BCUT2D eigenvalue weighted by Crippen LogP contribution is 2.18. The van der Waals surface area contributed by atoms with Gasteiger partial charge in [-0.1, -0.05) is 23.8 Å². The fourth-order valence-corrected chi connectivity index (χ4v) is 3.19. The van der Waals surface area contributed by atoms with Crippen LogP contribution >= 0.6 is 0 Å². The molecule has 0 bridgehead atoms. The number of benzene rings is 1. The Morgan fingerprint density at radius 3 is 2.75 bits per heavy atom. The molecule has 1 N–H and O–H groups in total. The number of aromatic nitrogens is 1. The normalized spacial score (nSPS) is 16.0. The van der Waals surface area contributed by atoms with Crippen LogP contribution in [0.5, 0.6) is 0 Å². The van der Waals surface area contributed by atoms with E-state index in [4.69, 9.17) is 0 Å². The maximum Gasteiger partial charge on any atom is 0.251 e. The van der Waals surface area contributed by atoms with E-state index in [-0.39, 0.29) is 5.91 Å². The maximum atomic E-state index is 12.2.